The second-order valence-electron chi connectivity index (χ2n) is 2.93. The molecule has 2 nitrogen and oxygen atoms in total. The summed E-state index contributed by atoms with van der Waals surface area (Å²) in [5.41, 5.74) is 0. The topological polar surface area (TPSA) is 15.3 Å². The molecule has 0 saturated carbocycles. The maximum absolute atomic E-state index is 3.29. The maximum atomic E-state index is 3.29. The number of likely N-dealkylation sites (N-methyl/N-ethyl adjacent to an activating group) is 2. The summed E-state index contributed by atoms with van der Waals surface area (Å²) in [6.07, 6.45) is 0. The fourth-order valence-electron chi connectivity index (χ4n) is 0.690. The Hall–Kier alpha value is -0.0800. The lowest BCUT2D eigenvalue weighted by Crippen LogP contribution is -2.33. The van der Waals surface area contributed by atoms with Crippen molar-refractivity contribution in [1.82, 2.24) is 10.2 Å². The molecule has 0 rings (SSSR count). The molecule has 76 valence electrons. The molecule has 0 fully saturated rings. The van der Waals surface area contributed by atoms with Crippen molar-refractivity contribution in [2.24, 2.45) is 0 Å². The monoisotopic (exact) mass is 174 g/mol. The van der Waals surface area contributed by atoms with Crippen LogP contribution in [0.25, 0.3) is 0 Å². The standard InChI is InChI=1S/C8H20N2.C2H6/c1-5-9-6-7-10(4)8(2)3;1-2/h8-9H,5-7H2,1-4H3;1-2H3. The van der Waals surface area contributed by atoms with Gasteiger partial charge in [0.05, 0.1) is 0 Å². The van der Waals surface area contributed by atoms with Gasteiger partial charge < -0.3 is 10.2 Å². The zero-order valence-corrected chi connectivity index (χ0v) is 9.65. The third kappa shape index (κ3) is 9.92. The van der Waals surface area contributed by atoms with Gasteiger partial charge in [-0.25, -0.2) is 0 Å². The lowest BCUT2D eigenvalue weighted by molar-refractivity contribution is 0.274. The summed E-state index contributed by atoms with van der Waals surface area (Å²) in [5.74, 6) is 0. The predicted molar refractivity (Wildman–Crippen MR) is 57.7 cm³/mol. The number of nitrogens with one attached hydrogen (secondary N) is 1. The van der Waals surface area contributed by atoms with E-state index in [4.69, 9.17) is 0 Å². The van der Waals surface area contributed by atoms with Crippen LogP contribution in [0.3, 0.4) is 0 Å². The van der Waals surface area contributed by atoms with Gasteiger partial charge in [-0.15, -0.1) is 0 Å². The molecule has 0 saturated heterocycles. The Morgan fingerprint density at radius 2 is 1.75 bits per heavy atom. The van der Waals surface area contributed by atoms with Crippen molar-refractivity contribution in [3.8, 4) is 0 Å². The molecule has 0 atom stereocenters. The highest BCUT2D eigenvalue weighted by molar-refractivity contribution is 4.57. The Labute approximate surface area is 78.3 Å². The van der Waals surface area contributed by atoms with E-state index in [0.29, 0.717) is 6.04 Å². The minimum Gasteiger partial charge on any atom is -0.316 e. The van der Waals surface area contributed by atoms with Crippen LogP contribution in [0.5, 0.6) is 0 Å². The van der Waals surface area contributed by atoms with Crippen LogP contribution < -0.4 is 5.32 Å². The predicted octanol–water partition coefficient (Wildman–Crippen LogP) is 1.96. The fourth-order valence-corrected chi connectivity index (χ4v) is 0.690. The van der Waals surface area contributed by atoms with Crippen LogP contribution in [0.4, 0.5) is 0 Å². The number of hydrogen-bond acceptors (Lipinski definition) is 2. The number of rotatable bonds is 5. The van der Waals surface area contributed by atoms with Gasteiger partial charge in [0.2, 0.25) is 0 Å². The van der Waals surface area contributed by atoms with Gasteiger partial charge in [-0.3, -0.25) is 0 Å². The minimum atomic E-state index is 0.665. The molecule has 0 radical (unpaired) electrons. The van der Waals surface area contributed by atoms with Gasteiger partial charge in [-0.05, 0) is 27.4 Å². The van der Waals surface area contributed by atoms with E-state index in [0.717, 1.165) is 19.6 Å². The Kier molecular flexibility index (Phi) is 13.1. The van der Waals surface area contributed by atoms with Crippen LogP contribution in [-0.2, 0) is 0 Å². The fraction of sp³-hybridized carbons (Fsp3) is 1.00. The summed E-state index contributed by atoms with van der Waals surface area (Å²) >= 11 is 0. The van der Waals surface area contributed by atoms with Gasteiger partial charge in [0.15, 0.2) is 0 Å². The molecule has 0 heterocycles. The van der Waals surface area contributed by atoms with E-state index in [-0.39, 0.29) is 0 Å². The molecule has 0 aromatic rings. The van der Waals surface area contributed by atoms with Crippen LogP contribution in [0.15, 0.2) is 0 Å². The highest BCUT2D eigenvalue weighted by Crippen LogP contribution is 1.90. The van der Waals surface area contributed by atoms with Crippen molar-refractivity contribution in [3.63, 3.8) is 0 Å². The molecule has 1 N–H and O–H groups in total. The molecular formula is C10H26N2. The van der Waals surface area contributed by atoms with Gasteiger partial charge >= 0.3 is 0 Å². The highest BCUT2D eigenvalue weighted by Gasteiger charge is 1.99. The Bertz CT molecular complexity index is 72.2. The first-order chi connectivity index (χ1) is 5.68. The quantitative estimate of drug-likeness (QED) is 0.641. The van der Waals surface area contributed by atoms with Crippen LogP contribution in [0, 0.1) is 0 Å². The first kappa shape index (κ1) is 14.4. The number of nitrogens with zero attached hydrogens (tertiary/aromatic N) is 1. The third-order valence-electron chi connectivity index (χ3n) is 1.77. The van der Waals surface area contributed by atoms with Crippen molar-refractivity contribution >= 4 is 0 Å². The first-order valence-electron chi connectivity index (χ1n) is 5.09. The first-order valence-corrected chi connectivity index (χ1v) is 5.09. The van der Waals surface area contributed by atoms with E-state index in [1.807, 2.05) is 13.8 Å². The van der Waals surface area contributed by atoms with Crippen molar-refractivity contribution in [3.05, 3.63) is 0 Å². The van der Waals surface area contributed by atoms with E-state index in [2.05, 4.69) is 38.0 Å². The van der Waals surface area contributed by atoms with Gasteiger partial charge in [0.25, 0.3) is 0 Å². The summed E-state index contributed by atoms with van der Waals surface area (Å²) in [6, 6.07) is 0.665. The van der Waals surface area contributed by atoms with Crippen LogP contribution in [0.1, 0.15) is 34.6 Å². The molecule has 0 aromatic heterocycles. The van der Waals surface area contributed by atoms with Crippen LogP contribution in [0.2, 0.25) is 0 Å². The van der Waals surface area contributed by atoms with Gasteiger partial charge in [0, 0.05) is 19.1 Å². The van der Waals surface area contributed by atoms with Crippen molar-refractivity contribution < 1.29 is 0 Å². The van der Waals surface area contributed by atoms with Crippen molar-refractivity contribution in [2.45, 2.75) is 40.7 Å². The molecule has 0 amide bonds. The second kappa shape index (κ2) is 10.9. The summed E-state index contributed by atoms with van der Waals surface area (Å²) < 4.78 is 0. The molecule has 0 aliphatic heterocycles. The van der Waals surface area contributed by atoms with Gasteiger partial charge in [-0.1, -0.05) is 20.8 Å². The molecule has 0 aromatic carbocycles. The summed E-state index contributed by atoms with van der Waals surface area (Å²) in [5, 5.41) is 3.29. The molecule has 12 heavy (non-hydrogen) atoms. The van der Waals surface area contributed by atoms with E-state index in [1.165, 1.54) is 0 Å². The van der Waals surface area contributed by atoms with E-state index < -0.39 is 0 Å². The molecular weight excluding hydrogens is 148 g/mol. The zero-order chi connectivity index (χ0) is 9.98. The van der Waals surface area contributed by atoms with Gasteiger partial charge in [0.1, 0.15) is 0 Å². The van der Waals surface area contributed by atoms with Gasteiger partial charge in [-0.2, -0.15) is 0 Å². The summed E-state index contributed by atoms with van der Waals surface area (Å²) in [6.45, 7) is 13.9. The van der Waals surface area contributed by atoms with Crippen LogP contribution in [-0.4, -0.2) is 37.6 Å². The SMILES string of the molecule is CC.CCNCCN(C)C(C)C. The Balaban J connectivity index is 0. The second-order valence-corrected chi connectivity index (χ2v) is 2.93. The lowest BCUT2D eigenvalue weighted by Gasteiger charge is -2.20. The molecule has 0 unspecified atom stereocenters. The zero-order valence-electron chi connectivity index (χ0n) is 9.65. The van der Waals surface area contributed by atoms with Crippen molar-refractivity contribution in [1.29, 1.82) is 0 Å². The van der Waals surface area contributed by atoms with Crippen molar-refractivity contribution in [2.75, 3.05) is 26.7 Å². The molecule has 0 aliphatic carbocycles. The van der Waals surface area contributed by atoms with E-state index in [1.54, 1.807) is 0 Å². The van der Waals surface area contributed by atoms with Crippen LogP contribution >= 0.6 is 0 Å². The largest absolute Gasteiger partial charge is 0.316 e. The number of hydrogen-bond donors (Lipinski definition) is 1. The van der Waals surface area contributed by atoms with E-state index in [9.17, 15) is 0 Å². The molecule has 0 spiro atoms. The third-order valence-corrected chi connectivity index (χ3v) is 1.77. The average molecular weight is 174 g/mol. The Morgan fingerprint density at radius 1 is 1.25 bits per heavy atom. The summed E-state index contributed by atoms with van der Waals surface area (Å²) in [7, 11) is 2.15. The molecule has 2 heteroatoms. The van der Waals surface area contributed by atoms with E-state index >= 15 is 0 Å². The average Bonchev–Trinajstić information content (AvgIpc) is 2.08. The normalized spacial score (nSPS) is 10.0. The highest BCUT2D eigenvalue weighted by atomic mass is 15.1. The lowest BCUT2D eigenvalue weighted by atomic mass is 10.3. The minimum absolute atomic E-state index is 0.665. The maximum Gasteiger partial charge on any atom is 0.0106 e. The molecule has 0 bridgehead atoms. The molecule has 0 aliphatic rings. The summed E-state index contributed by atoms with van der Waals surface area (Å²) in [4.78, 5) is 2.34. The smallest absolute Gasteiger partial charge is 0.0106 e. The Morgan fingerprint density at radius 3 is 2.08 bits per heavy atom.